The second-order valence-corrected chi connectivity index (χ2v) is 6.80. The molecule has 0 saturated carbocycles. The Bertz CT molecular complexity index is 1060. The molecule has 4 rings (SSSR count). The highest BCUT2D eigenvalue weighted by Gasteiger charge is 2.34. The van der Waals surface area contributed by atoms with Crippen LogP contribution < -0.4 is 10.1 Å². The van der Waals surface area contributed by atoms with Crippen LogP contribution in [0, 0.1) is 6.92 Å². The second-order valence-electron chi connectivity index (χ2n) is 6.80. The van der Waals surface area contributed by atoms with Crippen LogP contribution in [0.2, 0.25) is 0 Å². The zero-order chi connectivity index (χ0) is 20.4. The number of hydrogen-bond acceptors (Lipinski definition) is 5. The number of hydrogen-bond donors (Lipinski definition) is 1. The molecule has 1 N–H and O–H groups in total. The van der Waals surface area contributed by atoms with Gasteiger partial charge in [-0.25, -0.2) is 9.48 Å². The minimum Gasteiger partial charge on any atom is -0.482 e. The fourth-order valence-corrected chi connectivity index (χ4v) is 3.66. The van der Waals surface area contributed by atoms with Gasteiger partial charge in [0.05, 0.1) is 18.5 Å². The van der Waals surface area contributed by atoms with Gasteiger partial charge < -0.3 is 14.8 Å². The number of rotatable bonds is 5. The first-order chi connectivity index (χ1) is 14.1. The van der Waals surface area contributed by atoms with Gasteiger partial charge in [0.2, 0.25) is 5.91 Å². The number of fused-ring (bicyclic) bond motifs is 1. The molecule has 0 saturated heterocycles. The number of benzene rings is 2. The minimum absolute atomic E-state index is 0.0950. The van der Waals surface area contributed by atoms with Crippen LogP contribution in [0.5, 0.6) is 5.75 Å². The van der Waals surface area contributed by atoms with Crippen molar-refractivity contribution < 1.29 is 19.1 Å². The van der Waals surface area contributed by atoms with E-state index in [4.69, 9.17) is 4.74 Å². The van der Waals surface area contributed by atoms with E-state index in [2.05, 4.69) is 15.2 Å². The Hall–Kier alpha value is -3.61. The zero-order valence-corrected chi connectivity index (χ0v) is 16.2. The van der Waals surface area contributed by atoms with E-state index in [-0.39, 0.29) is 24.9 Å². The minimum atomic E-state index is -0.463. The Morgan fingerprint density at radius 1 is 1.17 bits per heavy atom. The van der Waals surface area contributed by atoms with Crippen molar-refractivity contribution in [3.8, 4) is 11.4 Å². The van der Waals surface area contributed by atoms with E-state index in [9.17, 15) is 9.59 Å². The summed E-state index contributed by atoms with van der Waals surface area (Å²) >= 11 is 0. The first kappa shape index (κ1) is 18.7. The smallest absolute Gasteiger partial charge is 0.343 e. The quantitative estimate of drug-likeness (QED) is 0.676. The van der Waals surface area contributed by atoms with Gasteiger partial charge in [-0.1, -0.05) is 36.4 Å². The lowest BCUT2D eigenvalue weighted by Crippen LogP contribution is -2.25. The summed E-state index contributed by atoms with van der Waals surface area (Å²) in [5.74, 6) is 0.426. The molecule has 1 aliphatic heterocycles. The highest BCUT2D eigenvalue weighted by Crippen LogP contribution is 2.43. The molecular formula is C22H21N3O4. The van der Waals surface area contributed by atoms with Crippen molar-refractivity contribution in [2.24, 2.45) is 0 Å². The van der Waals surface area contributed by atoms with E-state index in [0.717, 1.165) is 22.5 Å². The number of ether oxygens (including phenoxy) is 2. The molecule has 0 fully saturated rings. The monoisotopic (exact) mass is 391 g/mol. The molecule has 7 heteroatoms. The number of nitrogens with one attached hydrogen (secondary N) is 1. The maximum absolute atomic E-state index is 12.6. The molecule has 148 valence electrons. The predicted octanol–water partition coefficient (Wildman–Crippen LogP) is 3.21. The number of aromatic nitrogens is 2. The lowest BCUT2D eigenvalue weighted by Gasteiger charge is -2.26. The van der Waals surface area contributed by atoms with Crippen LogP contribution in [-0.2, 0) is 14.3 Å². The van der Waals surface area contributed by atoms with Crippen molar-refractivity contribution in [2.45, 2.75) is 19.3 Å². The van der Waals surface area contributed by atoms with Gasteiger partial charge in [0.1, 0.15) is 11.6 Å². The van der Waals surface area contributed by atoms with E-state index < -0.39 is 5.97 Å². The van der Waals surface area contributed by atoms with Crippen molar-refractivity contribution in [3.05, 3.63) is 71.4 Å². The third-order valence-electron chi connectivity index (χ3n) is 4.97. The van der Waals surface area contributed by atoms with Gasteiger partial charge in [-0.05, 0) is 25.1 Å². The lowest BCUT2D eigenvalue weighted by atomic mass is 9.85. The number of para-hydroxylation sites is 2. The molecule has 1 aromatic heterocycles. The number of methoxy groups -OCH3 is 1. The first-order valence-corrected chi connectivity index (χ1v) is 9.31. The van der Waals surface area contributed by atoms with Gasteiger partial charge in [0.25, 0.3) is 0 Å². The predicted molar refractivity (Wildman–Crippen MR) is 107 cm³/mol. The fraction of sp³-hybridized carbons (Fsp3) is 0.227. The third kappa shape index (κ3) is 3.59. The standard InChI is InChI=1S/C22H21N3O4/c1-14-21-17(16-10-6-7-11-18(16)29-13-20(27)28-2)12-19(26)23-22(21)25(24-14)15-8-4-3-5-9-15/h3-11,17H,12-13H2,1-2H3,(H,23,26). The van der Waals surface area contributed by atoms with Crippen LogP contribution in [0.25, 0.3) is 5.69 Å². The van der Waals surface area contributed by atoms with E-state index in [1.54, 1.807) is 10.7 Å². The Balaban J connectivity index is 1.78. The maximum Gasteiger partial charge on any atom is 0.343 e. The van der Waals surface area contributed by atoms with Gasteiger partial charge in [0.15, 0.2) is 6.61 Å². The van der Waals surface area contributed by atoms with Crippen molar-refractivity contribution >= 4 is 17.7 Å². The number of amides is 1. The van der Waals surface area contributed by atoms with Gasteiger partial charge in [0, 0.05) is 23.5 Å². The second kappa shape index (κ2) is 7.79. The van der Waals surface area contributed by atoms with Crippen LogP contribution in [0.3, 0.4) is 0 Å². The summed E-state index contributed by atoms with van der Waals surface area (Å²) in [6.07, 6.45) is 0.271. The van der Waals surface area contributed by atoms with Crippen LogP contribution in [0.15, 0.2) is 54.6 Å². The summed E-state index contributed by atoms with van der Waals surface area (Å²) < 4.78 is 12.1. The largest absolute Gasteiger partial charge is 0.482 e. The van der Waals surface area contributed by atoms with Crippen molar-refractivity contribution in [1.82, 2.24) is 9.78 Å². The van der Waals surface area contributed by atoms with Gasteiger partial charge in [-0.3, -0.25) is 4.79 Å². The summed E-state index contributed by atoms with van der Waals surface area (Å²) in [5.41, 5.74) is 3.48. The fourth-order valence-electron chi connectivity index (χ4n) is 3.66. The van der Waals surface area contributed by atoms with E-state index in [1.165, 1.54) is 7.11 Å². The number of nitrogens with zero attached hydrogens (tertiary/aromatic N) is 2. The Morgan fingerprint density at radius 3 is 2.66 bits per heavy atom. The Kier molecular flexibility index (Phi) is 5.03. The van der Waals surface area contributed by atoms with Crippen molar-refractivity contribution in [1.29, 1.82) is 0 Å². The number of esters is 1. The van der Waals surface area contributed by atoms with Crippen LogP contribution in [-0.4, -0.2) is 35.4 Å². The number of anilines is 1. The van der Waals surface area contributed by atoms with E-state index >= 15 is 0 Å². The molecule has 3 aromatic rings. The molecule has 2 heterocycles. The molecule has 7 nitrogen and oxygen atoms in total. The molecular weight excluding hydrogens is 370 g/mol. The molecule has 29 heavy (non-hydrogen) atoms. The SMILES string of the molecule is COC(=O)COc1ccccc1C1CC(=O)Nc2c1c(C)nn2-c1ccccc1. The van der Waals surface area contributed by atoms with Crippen molar-refractivity contribution in [3.63, 3.8) is 0 Å². The summed E-state index contributed by atoms with van der Waals surface area (Å²) in [6.45, 7) is 1.74. The van der Waals surface area contributed by atoms with Crippen LogP contribution >= 0.6 is 0 Å². The average Bonchev–Trinajstić information content (AvgIpc) is 3.08. The number of aryl methyl sites for hydroxylation is 1. The van der Waals surface area contributed by atoms with E-state index in [1.807, 2.05) is 55.5 Å². The molecule has 1 aliphatic rings. The van der Waals surface area contributed by atoms with Gasteiger partial charge in [-0.2, -0.15) is 5.10 Å². The number of carbonyl (C=O) groups is 2. The highest BCUT2D eigenvalue weighted by molar-refractivity contribution is 5.95. The zero-order valence-electron chi connectivity index (χ0n) is 16.2. The molecule has 1 amide bonds. The summed E-state index contributed by atoms with van der Waals surface area (Å²) in [7, 11) is 1.32. The van der Waals surface area contributed by atoms with Gasteiger partial charge >= 0.3 is 5.97 Å². The topological polar surface area (TPSA) is 82.4 Å². The summed E-state index contributed by atoms with van der Waals surface area (Å²) in [6, 6.07) is 17.1. The third-order valence-corrected chi connectivity index (χ3v) is 4.97. The van der Waals surface area contributed by atoms with Crippen molar-refractivity contribution in [2.75, 3.05) is 19.0 Å². The molecule has 1 unspecified atom stereocenters. The first-order valence-electron chi connectivity index (χ1n) is 9.31. The van der Waals surface area contributed by atoms with Crippen LogP contribution in [0.4, 0.5) is 5.82 Å². The molecule has 0 spiro atoms. The van der Waals surface area contributed by atoms with E-state index in [0.29, 0.717) is 11.6 Å². The lowest BCUT2D eigenvalue weighted by molar-refractivity contribution is -0.142. The maximum atomic E-state index is 12.6. The molecule has 0 radical (unpaired) electrons. The molecule has 1 atom stereocenters. The highest BCUT2D eigenvalue weighted by atomic mass is 16.6. The Labute approximate surface area is 168 Å². The average molecular weight is 391 g/mol. The summed E-state index contributed by atoms with van der Waals surface area (Å²) in [5, 5.41) is 7.65. The molecule has 2 aromatic carbocycles. The normalized spacial score (nSPS) is 15.4. The van der Waals surface area contributed by atoms with Crippen LogP contribution in [0.1, 0.15) is 29.2 Å². The molecule has 0 bridgehead atoms. The summed E-state index contributed by atoms with van der Waals surface area (Å²) in [4.78, 5) is 24.1. The molecule has 0 aliphatic carbocycles. The van der Waals surface area contributed by atoms with Gasteiger partial charge in [-0.15, -0.1) is 0 Å². The Morgan fingerprint density at radius 2 is 1.90 bits per heavy atom. The number of carbonyl (C=O) groups excluding carboxylic acids is 2.